The summed E-state index contributed by atoms with van der Waals surface area (Å²) in [4.78, 5) is 15.8. The molecule has 4 nitrogen and oxygen atoms in total. The van der Waals surface area contributed by atoms with E-state index in [1.807, 2.05) is 24.5 Å². The number of hydrogen-bond donors (Lipinski definition) is 0. The molecule has 1 amide bonds. The normalized spacial score (nSPS) is 10.3. The number of rotatable bonds is 8. The molecule has 0 atom stereocenters. The Hall–Kier alpha value is -2.40. The van der Waals surface area contributed by atoms with Gasteiger partial charge in [-0.15, -0.1) is 18.3 Å². The monoisotopic (exact) mass is 371 g/mol. The van der Waals surface area contributed by atoms with Crippen molar-refractivity contribution in [2.45, 2.75) is 17.9 Å². The van der Waals surface area contributed by atoms with Gasteiger partial charge in [0, 0.05) is 29.6 Å². The Kier molecular flexibility index (Phi) is 7.16. The quantitative estimate of drug-likeness (QED) is 0.508. The predicted molar refractivity (Wildman–Crippen MR) is 107 cm³/mol. The summed E-state index contributed by atoms with van der Waals surface area (Å²) in [5.41, 5.74) is 2.54. The first-order valence-electron chi connectivity index (χ1n) is 8.28. The van der Waals surface area contributed by atoms with Gasteiger partial charge in [-0.2, -0.15) is 0 Å². The molecule has 2 aromatic carbocycles. The van der Waals surface area contributed by atoms with Crippen LogP contribution in [0.2, 0.25) is 0 Å². The van der Waals surface area contributed by atoms with E-state index < -0.39 is 0 Å². The minimum absolute atomic E-state index is 0.0646. The molecule has 0 aliphatic rings. The minimum Gasteiger partial charge on any atom is -0.493 e. The molecule has 5 heteroatoms. The molecule has 0 fully saturated rings. The second-order valence-electron chi connectivity index (χ2n) is 5.87. The van der Waals surface area contributed by atoms with E-state index in [0.29, 0.717) is 30.0 Å². The number of hydrogen-bond acceptors (Lipinski definition) is 4. The third-order valence-corrected chi connectivity index (χ3v) is 4.84. The van der Waals surface area contributed by atoms with Crippen LogP contribution in [0.1, 0.15) is 21.5 Å². The number of methoxy groups -OCH3 is 2. The summed E-state index contributed by atoms with van der Waals surface area (Å²) in [6, 6.07) is 11.8. The number of thioether (sulfide) groups is 1. The SMILES string of the molecule is C=CCc1cc(C(=O)N(C)Cc2ccc(SC)cc2)cc(OC)c1OC. The molecular weight excluding hydrogens is 346 g/mol. The summed E-state index contributed by atoms with van der Waals surface area (Å²) in [5.74, 6) is 1.12. The molecule has 0 aliphatic heterocycles. The molecule has 0 saturated heterocycles. The zero-order chi connectivity index (χ0) is 19.1. The van der Waals surface area contributed by atoms with Crippen molar-refractivity contribution >= 4 is 17.7 Å². The van der Waals surface area contributed by atoms with Crippen LogP contribution in [0.15, 0.2) is 53.9 Å². The fourth-order valence-corrected chi connectivity index (χ4v) is 3.18. The molecule has 0 spiro atoms. The van der Waals surface area contributed by atoms with E-state index in [4.69, 9.17) is 9.47 Å². The summed E-state index contributed by atoms with van der Waals surface area (Å²) >= 11 is 1.70. The van der Waals surface area contributed by atoms with Crippen LogP contribution in [0.4, 0.5) is 0 Å². The van der Waals surface area contributed by atoms with Crippen molar-refractivity contribution in [2.75, 3.05) is 27.5 Å². The first kappa shape index (κ1) is 19.9. The second kappa shape index (κ2) is 9.34. The maximum absolute atomic E-state index is 12.9. The van der Waals surface area contributed by atoms with Gasteiger partial charge in [0.25, 0.3) is 5.91 Å². The van der Waals surface area contributed by atoms with E-state index in [-0.39, 0.29) is 5.91 Å². The van der Waals surface area contributed by atoms with E-state index in [1.54, 1.807) is 50.1 Å². The van der Waals surface area contributed by atoms with Crippen LogP contribution in [-0.4, -0.2) is 38.3 Å². The lowest BCUT2D eigenvalue weighted by molar-refractivity contribution is 0.0784. The lowest BCUT2D eigenvalue weighted by Gasteiger charge is -2.20. The van der Waals surface area contributed by atoms with Gasteiger partial charge in [0.15, 0.2) is 11.5 Å². The van der Waals surface area contributed by atoms with Crippen molar-refractivity contribution in [3.8, 4) is 11.5 Å². The highest BCUT2D eigenvalue weighted by atomic mass is 32.2. The number of ether oxygens (including phenoxy) is 2. The Bertz CT molecular complexity index is 772. The van der Waals surface area contributed by atoms with Crippen molar-refractivity contribution in [1.82, 2.24) is 4.90 Å². The molecule has 0 bridgehead atoms. The lowest BCUT2D eigenvalue weighted by Crippen LogP contribution is -2.26. The predicted octanol–water partition coefficient (Wildman–Crippen LogP) is 4.43. The zero-order valence-electron chi connectivity index (χ0n) is 15.7. The molecule has 0 aliphatic carbocycles. The number of nitrogens with zero attached hydrogens (tertiary/aromatic N) is 1. The van der Waals surface area contributed by atoms with E-state index >= 15 is 0 Å². The highest BCUT2D eigenvalue weighted by Crippen LogP contribution is 2.33. The van der Waals surface area contributed by atoms with E-state index in [0.717, 1.165) is 11.1 Å². The molecule has 0 heterocycles. The minimum atomic E-state index is -0.0646. The number of carbonyl (C=O) groups excluding carboxylic acids is 1. The lowest BCUT2D eigenvalue weighted by atomic mass is 10.0. The van der Waals surface area contributed by atoms with Crippen LogP contribution in [0, 0.1) is 0 Å². The van der Waals surface area contributed by atoms with Gasteiger partial charge in [-0.3, -0.25) is 4.79 Å². The topological polar surface area (TPSA) is 38.8 Å². The molecule has 0 aromatic heterocycles. The average molecular weight is 372 g/mol. The van der Waals surface area contributed by atoms with Crippen LogP contribution in [0.25, 0.3) is 0 Å². The van der Waals surface area contributed by atoms with Crippen LogP contribution < -0.4 is 9.47 Å². The smallest absolute Gasteiger partial charge is 0.254 e. The maximum Gasteiger partial charge on any atom is 0.254 e. The fourth-order valence-electron chi connectivity index (χ4n) is 2.77. The Morgan fingerprint density at radius 3 is 2.42 bits per heavy atom. The van der Waals surface area contributed by atoms with Gasteiger partial charge in [-0.1, -0.05) is 18.2 Å². The Morgan fingerprint density at radius 2 is 1.88 bits per heavy atom. The first-order chi connectivity index (χ1) is 12.5. The summed E-state index contributed by atoms with van der Waals surface area (Å²) in [6.07, 6.45) is 4.42. The molecule has 2 aromatic rings. The van der Waals surface area contributed by atoms with Gasteiger partial charge in [-0.25, -0.2) is 0 Å². The van der Waals surface area contributed by atoms with E-state index in [2.05, 4.69) is 18.7 Å². The standard InChI is InChI=1S/C21H25NO3S/c1-6-7-16-12-17(13-19(24-3)20(16)25-4)21(23)22(2)14-15-8-10-18(26-5)11-9-15/h6,8-13H,1,7,14H2,2-5H3. The highest BCUT2D eigenvalue weighted by Gasteiger charge is 2.18. The molecule has 0 N–H and O–H groups in total. The molecule has 138 valence electrons. The summed E-state index contributed by atoms with van der Waals surface area (Å²) in [6.45, 7) is 4.31. The molecule has 26 heavy (non-hydrogen) atoms. The van der Waals surface area contributed by atoms with Crippen LogP contribution in [0.5, 0.6) is 11.5 Å². The van der Waals surface area contributed by atoms with Crippen LogP contribution >= 0.6 is 11.8 Å². The average Bonchev–Trinajstić information content (AvgIpc) is 2.67. The van der Waals surface area contributed by atoms with Gasteiger partial charge < -0.3 is 14.4 Å². The van der Waals surface area contributed by atoms with Gasteiger partial charge in [0.2, 0.25) is 0 Å². The van der Waals surface area contributed by atoms with Gasteiger partial charge in [-0.05, 0) is 42.5 Å². The van der Waals surface area contributed by atoms with E-state index in [1.165, 1.54) is 4.90 Å². The van der Waals surface area contributed by atoms with Crippen molar-refractivity contribution in [3.05, 3.63) is 65.7 Å². The van der Waals surface area contributed by atoms with Crippen molar-refractivity contribution in [1.29, 1.82) is 0 Å². The first-order valence-corrected chi connectivity index (χ1v) is 9.50. The fraction of sp³-hybridized carbons (Fsp3) is 0.286. The molecule has 0 unspecified atom stereocenters. The number of allylic oxidation sites excluding steroid dienone is 1. The van der Waals surface area contributed by atoms with Crippen LogP contribution in [-0.2, 0) is 13.0 Å². The van der Waals surface area contributed by atoms with Gasteiger partial charge in [0.1, 0.15) is 0 Å². The van der Waals surface area contributed by atoms with Crippen molar-refractivity contribution < 1.29 is 14.3 Å². The van der Waals surface area contributed by atoms with E-state index in [9.17, 15) is 4.79 Å². The second-order valence-corrected chi connectivity index (χ2v) is 6.75. The summed E-state index contributed by atoms with van der Waals surface area (Å²) in [5, 5.41) is 0. The highest BCUT2D eigenvalue weighted by molar-refractivity contribution is 7.98. The Balaban J connectivity index is 2.26. The Morgan fingerprint density at radius 1 is 1.19 bits per heavy atom. The number of carbonyl (C=O) groups is 1. The Labute approximate surface area is 159 Å². The van der Waals surface area contributed by atoms with Gasteiger partial charge >= 0.3 is 0 Å². The number of benzene rings is 2. The third kappa shape index (κ3) is 4.61. The number of amides is 1. The molecule has 0 radical (unpaired) electrons. The molecular formula is C21H25NO3S. The summed E-state index contributed by atoms with van der Waals surface area (Å²) < 4.78 is 10.8. The van der Waals surface area contributed by atoms with Crippen LogP contribution in [0.3, 0.4) is 0 Å². The molecule has 2 rings (SSSR count). The van der Waals surface area contributed by atoms with Crippen molar-refractivity contribution in [2.24, 2.45) is 0 Å². The maximum atomic E-state index is 12.9. The zero-order valence-corrected chi connectivity index (χ0v) is 16.6. The largest absolute Gasteiger partial charge is 0.493 e. The van der Waals surface area contributed by atoms with Gasteiger partial charge in [0.05, 0.1) is 14.2 Å². The third-order valence-electron chi connectivity index (χ3n) is 4.09. The molecule has 0 saturated carbocycles. The van der Waals surface area contributed by atoms with Crippen molar-refractivity contribution in [3.63, 3.8) is 0 Å². The summed E-state index contributed by atoms with van der Waals surface area (Å²) in [7, 11) is 4.96.